The number of carbonyl (C=O) groups is 1. The van der Waals surface area contributed by atoms with Gasteiger partial charge in [-0.15, -0.1) is 0 Å². The van der Waals surface area contributed by atoms with Gasteiger partial charge < -0.3 is 14.9 Å². The largest absolute Gasteiger partial charge is 0.491 e. The maximum Gasteiger partial charge on any atom is 0.307 e. The number of rotatable bonds is 5. The molecule has 4 nitrogen and oxygen atoms in total. The van der Waals surface area contributed by atoms with Gasteiger partial charge in [0.2, 0.25) is 0 Å². The predicted molar refractivity (Wildman–Crippen MR) is 59.6 cm³/mol. The molecule has 0 fully saturated rings. The fourth-order valence-electron chi connectivity index (χ4n) is 1.14. The Hall–Kier alpha value is -1.55. The lowest BCUT2D eigenvalue weighted by molar-refractivity contribution is -0.136. The summed E-state index contributed by atoms with van der Waals surface area (Å²) < 4.78 is 5.33. The van der Waals surface area contributed by atoms with E-state index in [4.69, 9.17) is 9.84 Å². The third-order valence-electron chi connectivity index (χ3n) is 1.87. The van der Waals surface area contributed by atoms with Crippen LogP contribution in [0.15, 0.2) is 24.3 Å². The van der Waals surface area contributed by atoms with E-state index in [1.165, 1.54) is 0 Å². The first-order chi connectivity index (χ1) is 7.37. The number of carboxylic acids is 1. The van der Waals surface area contributed by atoms with Crippen molar-refractivity contribution in [2.45, 2.75) is 25.9 Å². The van der Waals surface area contributed by atoms with Crippen LogP contribution < -0.4 is 4.74 Å². The molecule has 0 heterocycles. The van der Waals surface area contributed by atoms with E-state index < -0.39 is 11.6 Å². The Morgan fingerprint density at radius 2 is 1.88 bits per heavy atom. The maximum absolute atomic E-state index is 10.4. The molecule has 1 aromatic rings. The summed E-state index contributed by atoms with van der Waals surface area (Å²) in [4.78, 5) is 10.4. The fourth-order valence-corrected chi connectivity index (χ4v) is 1.14. The van der Waals surface area contributed by atoms with Crippen molar-refractivity contribution in [2.75, 3.05) is 6.61 Å². The van der Waals surface area contributed by atoms with Crippen molar-refractivity contribution >= 4 is 5.97 Å². The van der Waals surface area contributed by atoms with Crippen molar-refractivity contribution in [3.05, 3.63) is 29.8 Å². The molecule has 0 bridgehead atoms. The number of benzene rings is 1. The highest BCUT2D eigenvalue weighted by Crippen LogP contribution is 2.14. The minimum absolute atomic E-state index is 0.00573. The van der Waals surface area contributed by atoms with Crippen LogP contribution in [-0.4, -0.2) is 28.4 Å². The molecular weight excluding hydrogens is 208 g/mol. The van der Waals surface area contributed by atoms with Crippen molar-refractivity contribution in [2.24, 2.45) is 0 Å². The van der Waals surface area contributed by atoms with E-state index in [0.29, 0.717) is 5.75 Å². The van der Waals surface area contributed by atoms with Gasteiger partial charge in [-0.3, -0.25) is 4.79 Å². The van der Waals surface area contributed by atoms with Gasteiger partial charge in [0.15, 0.2) is 0 Å². The molecule has 2 N–H and O–H groups in total. The van der Waals surface area contributed by atoms with Crippen molar-refractivity contribution < 1.29 is 19.7 Å². The van der Waals surface area contributed by atoms with E-state index in [1.807, 2.05) is 0 Å². The summed E-state index contributed by atoms with van der Waals surface area (Å²) in [7, 11) is 0. The Morgan fingerprint density at radius 3 is 2.31 bits per heavy atom. The van der Waals surface area contributed by atoms with Crippen LogP contribution in [0.25, 0.3) is 0 Å². The lowest BCUT2D eigenvalue weighted by atomic mass is 10.1. The van der Waals surface area contributed by atoms with Gasteiger partial charge >= 0.3 is 5.97 Å². The zero-order valence-corrected chi connectivity index (χ0v) is 9.43. The normalized spacial score (nSPS) is 11.2. The highest BCUT2D eigenvalue weighted by atomic mass is 16.5. The molecule has 4 heteroatoms. The third kappa shape index (κ3) is 4.79. The molecule has 0 spiro atoms. The van der Waals surface area contributed by atoms with Gasteiger partial charge in [0.25, 0.3) is 0 Å². The third-order valence-corrected chi connectivity index (χ3v) is 1.87. The average Bonchev–Trinajstić information content (AvgIpc) is 2.14. The number of carboxylic acid groups (broad SMARTS) is 1. The number of hydrogen-bond acceptors (Lipinski definition) is 3. The summed E-state index contributed by atoms with van der Waals surface area (Å²) in [6, 6.07) is 6.80. The van der Waals surface area contributed by atoms with Crippen LogP contribution in [0.4, 0.5) is 0 Å². The average molecular weight is 224 g/mol. The number of aliphatic carboxylic acids is 1. The van der Waals surface area contributed by atoms with Crippen LogP contribution in [-0.2, 0) is 11.2 Å². The van der Waals surface area contributed by atoms with Crippen LogP contribution in [0.3, 0.4) is 0 Å². The topological polar surface area (TPSA) is 66.8 Å². The Kier molecular flexibility index (Phi) is 3.90. The van der Waals surface area contributed by atoms with E-state index in [-0.39, 0.29) is 13.0 Å². The van der Waals surface area contributed by atoms with Crippen LogP contribution in [0, 0.1) is 0 Å². The number of hydrogen-bond donors (Lipinski definition) is 2. The molecule has 16 heavy (non-hydrogen) atoms. The molecule has 0 radical (unpaired) electrons. The second kappa shape index (κ2) is 4.99. The number of aliphatic hydroxyl groups is 1. The second-order valence-corrected chi connectivity index (χ2v) is 4.32. The minimum atomic E-state index is -0.875. The van der Waals surface area contributed by atoms with Crippen LogP contribution in [0.5, 0.6) is 5.75 Å². The van der Waals surface area contributed by atoms with Gasteiger partial charge in [0.1, 0.15) is 12.4 Å². The Bertz CT molecular complexity index is 348. The van der Waals surface area contributed by atoms with Crippen molar-refractivity contribution in [3.8, 4) is 5.75 Å². The zero-order chi connectivity index (χ0) is 12.2. The maximum atomic E-state index is 10.4. The second-order valence-electron chi connectivity index (χ2n) is 4.32. The van der Waals surface area contributed by atoms with Crippen LogP contribution in [0.2, 0.25) is 0 Å². The standard InChI is InChI=1S/C12H16O4/c1-12(2,15)8-16-10-5-3-9(4-6-10)7-11(13)14/h3-6,15H,7-8H2,1-2H3,(H,13,14). The van der Waals surface area contributed by atoms with E-state index in [0.717, 1.165) is 5.56 Å². The van der Waals surface area contributed by atoms with Gasteiger partial charge in [0, 0.05) is 0 Å². The first kappa shape index (κ1) is 12.5. The predicted octanol–water partition coefficient (Wildman–Crippen LogP) is 1.46. The molecule has 0 aliphatic heterocycles. The van der Waals surface area contributed by atoms with E-state index in [2.05, 4.69) is 0 Å². The highest BCUT2D eigenvalue weighted by molar-refractivity contribution is 5.70. The summed E-state index contributed by atoms with van der Waals surface area (Å²) in [6.45, 7) is 3.52. The van der Waals surface area contributed by atoms with Crippen molar-refractivity contribution in [1.29, 1.82) is 0 Å². The quantitative estimate of drug-likeness (QED) is 0.794. The Balaban J connectivity index is 2.55. The summed E-state index contributed by atoms with van der Waals surface area (Å²) in [5, 5.41) is 18.0. The number of ether oxygens (including phenoxy) is 1. The molecule has 0 amide bonds. The van der Waals surface area contributed by atoms with Gasteiger partial charge in [-0.2, -0.15) is 0 Å². The first-order valence-electron chi connectivity index (χ1n) is 5.03. The molecule has 0 aromatic heterocycles. The Labute approximate surface area is 94.5 Å². The summed E-state index contributed by atoms with van der Waals surface area (Å²) in [6.07, 6.45) is 0.00573. The first-order valence-corrected chi connectivity index (χ1v) is 5.03. The van der Waals surface area contributed by atoms with E-state index in [9.17, 15) is 9.90 Å². The van der Waals surface area contributed by atoms with E-state index >= 15 is 0 Å². The summed E-state index contributed by atoms with van der Waals surface area (Å²) in [5.74, 6) is -0.235. The molecule has 0 aliphatic carbocycles. The molecule has 0 saturated heterocycles. The molecule has 0 atom stereocenters. The molecule has 0 unspecified atom stereocenters. The van der Waals surface area contributed by atoms with Crippen LogP contribution >= 0.6 is 0 Å². The molecule has 1 rings (SSSR count). The smallest absolute Gasteiger partial charge is 0.307 e. The monoisotopic (exact) mass is 224 g/mol. The minimum Gasteiger partial charge on any atom is -0.491 e. The molecular formula is C12H16O4. The van der Waals surface area contributed by atoms with Crippen LogP contribution in [0.1, 0.15) is 19.4 Å². The van der Waals surface area contributed by atoms with Crippen molar-refractivity contribution in [1.82, 2.24) is 0 Å². The lowest BCUT2D eigenvalue weighted by Crippen LogP contribution is -2.27. The highest BCUT2D eigenvalue weighted by Gasteiger charge is 2.13. The van der Waals surface area contributed by atoms with Gasteiger partial charge in [-0.05, 0) is 31.5 Å². The van der Waals surface area contributed by atoms with Crippen molar-refractivity contribution in [3.63, 3.8) is 0 Å². The van der Waals surface area contributed by atoms with Gasteiger partial charge in [-0.1, -0.05) is 12.1 Å². The summed E-state index contributed by atoms with van der Waals surface area (Å²) in [5.41, 5.74) is -0.150. The molecule has 0 aliphatic rings. The van der Waals surface area contributed by atoms with Gasteiger partial charge in [0.05, 0.1) is 12.0 Å². The Morgan fingerprint density at radius 1 is 1.31 bits per heavy atom. The fraction of sp³-hybridized carbons (Fsp3) is 0.417. The van der Waals surface area contributed by atoms with E-state index in [1.54, 1.807) is 38.1 Å². The SMILES string of the molecule is CC(C)(O)COc1ccc(CC(=O)O)cc1. The zero-order valence-electron chi connectivity index (χ0n) is 9.43. The molecule has 88 valence electrons. The lowest BCUT2D eigenvalue weighted by Gasteiger charge is -2.17. The summed E-state index contributed by atoms with van der Waals surface area (Å²) >= 11 is 0. The molecule has 1 aromatic carbocycles. The molecule has 0 saturated carbocycles. The van der Waals surface area contributed by atoms with Gasteiger partial charge in [-0.25, -0.2) is 0 Å².